The fourth-order valence-corrected chi connectivity index (χ4v) is 3.44. The molecular formula is C24H27F2NO. The van der Waals surface area contributed by atoms with Gasteiger partial charge in [-0.05, 0) is 29.3 Å². The van der Waals surface area contributed by atoms with Crippen LogP contribution in [0, 0.1) is 5.92 Å². The van der Waals surface area contributed by atoms with E-state index in [-0.39, 0.29) is 17.4 Å². The highest BCUT2D eigenvalue weighted by atomic mass is 19.3. The van der Waals surface area contributed by atoms with Crippen molar-refractivity contribution in [2.24, 2.45) is 5.92 Å². The lowest BCUT2D eigenvalue weighted by Crippen LogP contribution is -2.28. The third kappa shape index (κ3) is 4.50. The van der Waals surface area contributed by atoms with Crippen LogP contribution in [-0.4, -0.2) is 6.61 Å². The molecule has 0 radical (unpaired) electrons. The van der Waals surface area contributed by atoms with Crippen LogP contribution >= 0.6 is 0 Å². The maximum absolute atomic E-state index is 13.1. The van der Waals surface area contributed by atoms with Gasteiger partial charge < -0.3 is 10.5 Å². The molecule has 0 amide bonds. The van der Waals surface area contributed by atoms with E-state index in [9.17, 15) is 8.78 Å². The Morgan fingerprint density at radius 3 is 2.39 bits per heavy atom. The fourth-order valence-electron chi connectivity index (χ4n) is 3.44. The molecule has 0 aliphatic carbocycles. The summed E-state index contributed by atoms with van der Waals surface area (Å²) in [6, 6.07) is 12.3. The molecule has 2 aromatic carbocycles. The smallest absolute Gasteiger partial charge is 0.263 e. The minimum Gasteiger partial charge on any atom is -0.493 e. The minimum absolute atomic E-state index is 0.000903. The number of nitrogen functional groups attached to an aromatic ring is 1. The van der Waals surface area contributed by atoms with Gasteiger partial charge in [-0.1, -0.05) is 69.5 Å². The largest absolute Gasteiger partial charge is 0.493 e. The van der Waals surface area contributed by atoms with Crippen LogP contribution in [0.4, 0.5) is 14.5 Å². The molecule has 3 rings (SSSR count). The van der Waals surface area contributed by atoms with Crippen molar-refractivity contribution in [1.82, 2.24) is 0 Å². The third-order valence-electron chi connectivity index (χ3n) is 4.72. The lowest BCUT2D eigenvalue weighted by atomic mass is 9.75. The van der Waals surface area contributed by atoms with Crippen molar-refractivity contribution in [2.75, 3.05) is 12.3 Å². The standard InChI is InChI=1S/C22H21F2NO.C2H6/c1-3-5-14(4-2)19-13-26-20-12-16(22(23)24)8-11-18(20)21(19)15-6-9-17(25)10-7-15;1-2/h3-12,19,21-22H,1-2,13,25H2;1-2H3/b14-5+;. The second-order valence-electron chi connectivity index (χ2n) is 6.27. The molecule has 0 saturated carbocycles. The number of alkyl halides is 2. The summed E-state index contributed by atoms with van der Waals surface area (Å²) in [6.45, 7) is 12.0. The average Bonchev–Trinajstić information content (AvgIpc) is 2.73. The van der Waals surface area contributed by atoms with Crippen LogP contribution in [0.2, 0.25) is 0 Å². The fraction of sp³-hybridized carbons (Fsp3) is 0.250. The SMILES string of the molecule is C=C/C=C(\C=C)C1COc2cc(C(F)F)ccc2C1c1ccc(N)cc1.CC. The number of hydrogen-bond acceptors (Lipinski definition) is 2. The molecule has 0 saturated heterocycles. The van der Waals surface area contributed by atoms with Gasteiger partial charge in [0.2, 0.25) is 0 Å². The van der Waals surface area contributed by atoms with Crippen LogP contribution < -0.4 is 10.5 Å². The summed E-state index contributed by atoms with van der Waals surface area (Å²) in [5, 5.41) is 0. The van der Waals surface area contributed by atoms with E-state index >= 15 is 0 Å². The summed E-state index contributed by atoms with van der Waals surface area (Å²) in [5.74, 6) is 0.456. The summed E-state index contributed by atoms with van der Waals surface area (Å²) in [7, 11) is 0. The van der Waals surface area contributed by atoms with Gasteiger partial charge in [-0.3, -0.25) is 0 Å². The van der Waals surface area contributed by atoms with Crippen molar-refractivity contribution >= 4 is 5.69 Å². The first-order chi connectivity index (χ1) is 13.5. The van der Waals surface area contributed by atoms with E-state index in [2.05, 4.69) is 13.2 Å². The van der Waals surface area contributed by atoms with Gasteiger partial charge in [0, 0.05) is 28.7 Å². The van der Waals surface area contributed by atoms with Crippen molar-refractivity contribution in [2.45, 2.75) is 26.2 Å². The Labute approximate surface area is 166 Å². The highest BCUT2D eigenvalue weighted by Crippen LogP contribution is 2.45. The monoisotopic (exact) mass is 383 g/mol. The molecule has 2 nitrogen and oxygen atoms in total. The number of ether oxygens (including phenoxy) is 1. The zero-order valence-corrected chi connectivity index (χ0v) is 16.4. The molecule has 148 valence electrons. The predicted octanol–water partition coefficient (Wildman–Crippen LogP) is 6.67. The summed E-state index contributed by atoms with van der Waals surface area (Å²) >= 11 is 0. The van der Waals surface area contributed by atoms with Crippen LogP contribution in [-0.2, 0) is 0 Å². The van der Waals surface area contributed by atoms with E-state index in [4.69, 9.17) is 10.5 Å². The first-order valence-corrected chi connectivity index (χ1v) is 9.40. The quantitative estimate of drug-likeness (QED) is 0.462. The highest BCUT2D eigenvalue weighted by Gasteiger charge is 2.34. The van der Waals surface area contributed by atoms with E-state index in [0.717, 1.165) is 16.7 Å². The zero-order valence-electron chi connectivity index (χ0n) is 16.4. The molecule has 1 heterocycles. The number of halogens is 2. The summed E-state index contributed by atoms with van der Waals surface area (Å²) in [4.78, 5) is 0. The normalized spacial score (nSPS) is 18.4. The molecule has 2 N–H and O–H groups in total. The van der Waals surface area contributed by atoms with Gasteiger partial charge in [-0.15, -0.1) is 0 Å². The number of benzene rings is 2. The molecule has 28 heavy (non-hydrogen) atoms. The van der Waals surface area contributed by atoms with E-state index in [1.54, 1.807) is 18.2 Å². The summed E-state index contributed by atoms with van der Waals surface area (Å²) in [6.07, 6.45) is 2.88. The lowest BCUT2D eigenvalue weighted by molar-refractivity contribution is 0.150. The molecule has 0 aromatic heterocycles. The van der Waals surface area contributed by atoms with Gasteiger partial charge in [-0.2, -0.15) is 0 Å². The Balaban J connectivity index is 0.00000136. The number of hydrogen-bond donors (Lipinski definition) is 1. The molecule has 0 spiro atoms. The van der Waals surface area contributed by atoms with E-state index < -0.39 is 6.43 Å². The highest BCUT2D eigenvalue weighted by molar-refractivity contribution is 5.51. The van der Waals surface area contributed by atoms with Gasteiger partial charge in [0.05, 0.1) is 6.61 Å². The van der Waals surface area contributed by atoms with E-state index in [0.29, 0.717) is 18.0 Å². The van der Waals surface area contributed by atoms with Crippen LogP contribution in [0.3, 0.4) is 0 Å². The van der Waals surface area contributed by atoms with Crippen molar-refractivity contribution in [3.63, 3.8) is 0 Å². The molecule has 2 atom stereocenters. The second-order valence-corrected chi connectivity index (χ2v) is 6.27. The van der Waals surface area contributed by atoms with Crippen LogP contribution in [0.1, 0.15) is 42.9 Å². The van der Waals surface area contributed by atoms with Gasteiger partial charge in [-0.25, -0.2) is 8.78 Å². The maximum atomic E-state index is 13.1. The van der Waals surface area contributed by atoms with E-state index in [1.807, 2.05) is 44.2 Å². The van der Waals surface area contributed by atoms with Crippen LogP contribution in [0.5, 0.6) is 5.75 Å². The van der Waals surface area contributed by atoms with Gasteiger partial charge in [0.15, 0.2) is 0 Å². The molecule has 2 unspecified atom stereocenters. The van der Waals surface area contributed by atoms with Crippen molar-refractivity contribution in [1.29, 1.82) is 0 Å². The molecule has 0 bridgehead atoms. The maximum Gasteiger partial charge on any atom is 0.263 e. The Hall–Kier alpha value is -2.88. The average molecular weight is 383 g/mol. The zero-order chi connectivity index (χ0) is 20.7. The Morgan fingerprint density at radius 2 is 1.82 bits per heavy atom. The van der Waals surface area contributed by atoms with E-state index in [1.165, 1.54) is 12.1 Å². The number of anilines is 1. The Morgan fingerprint density at radius 1 is 1.14 bits per heavy atom. The van der Waals surface area contributed by atoms with Gasteiger partial charge in [0.1, 0.15) is 5.75 Å². The summed E-state index contributed by atoms with van der Waals surface area (Å²) < 4.78 is 32.0. The molecule has 1 aliphatic rings. The predicted molar refractivity (Wildman–Crippen MR) is 113 cm³/mol. The Kier molecular flexibility index (Phi) is 7.56. The molecule has 4 heteroatoms. The third-order valence-corrected chi connectivity index (χ3v) is 4.72. The molecule has 1 aliphatic heterocycles. The number of allylic oxidation sites excluding steroid dienone is 3. The minimum atomic E-state index is -2.53. The number of rotatable bonds is 5. The van der Waals surface area contributed by atoms with Crippen LogP contribution in [0.15, 0.2) is 79.4 Å². The van der Waals surface area contributed by atoms with Crippen LogP contribution in [0.25, 0.3) is 0 Å². The van der Waals surface area contributed by atoms with Gasteiger partial charge in [0.25, 0.3) is 6.43 Å². The van der Waals surface area contributed by atoms with Crippen molar-refractivity contribution in [3.8, 4) is 5.75 Å². The first kappa shape index (κ1) is 21.4. The summed E-state index contributed by atoms with van der Waals surface area (Å²) in [5.41, 5.74) is 9.39. The second kappa shape index (κ2) is 9.88. The lowest BCUT2D eigenvalue weighted by Gasteiger charge is -2.35. The molecular weight excluding hydrogens is 356 g/mol. The molecule has 0 fully saturated rings. The number of fused-ring (bicyclic) bond motifs is 1. The van der Waals surface area contributed by atoms with Gasteiger partial charge >= 0.3 is 0 Å². The first-order valence-electron chi connectivity index (χ1n) is 9.40. The van der Waals surface area contributed by atoms with Crippen molar-refractivity contribution in [3.05, 3.63) is 96.1 Å². The Bertz CT molecular complexity index is 840. The van der Waals surface area contributed by atoms with Crippen molar-refractivity contribution < 1.29 is 13.5 Å². The topological polar surface area (TPSA) is 35.2 Å². The molecule has 2 aromatic rings. The number of nitrogens with two attached hydrogens (primary N) is 1.